The number of aliphatic hydroxyl groups excluding tert-OH is 1. The van der Waals surface area contributed by atoms with Gasteiger partial charge in [-0.2, -0.15) is 0 Å². The molecule has 7 heteroatoms. The number of hydrogen-bond donors (Lipinski definition) is 2. The van der Waals surface area contributed by atoms with E-state index in [-0.39, 0.29) is 12.5 Å². The van der Waals surface area contributed by atoms with Crippen molar-refractivity contribution >= 4 is 56.6 Å². The zero-order valence-electron chi connectivity index (χ0n) is 11.1. The fourth-order valence-corrected chi connectivity index (χ4v) is 2.95. The van der Waals surface area contributed by atoms with Crippen LogP contribution in [0.3, 0.4) is 0 Å². The summed E-state index contributed by atoms with van der Waals surface area (Å²) in [7, 11) is 0. The van der Waals surface area contributed by atoms with Crippen LogP contribution in [-0.2, 0) is 0 Å². The summed E-state index contributed by atoms with van der Waals surface area (Å²) < 4.78 is 0.740. The van der Waals surface area contributed by atoms with Gasteiger partial charge in [0.15, 0.2) is 0 Å². The second-order valence-electron chi connectivity index (χ2n) is 4.55. The Morgan fingerprint density at radius 2 is 1.77 bits per heavy atom. The van der Waals surface area contributed by atoms with Gasteiger partial charge < -0.3 is 10.4 Å². The van der Waals surface area contributed by atoms with Crippen LogP contribution in [-0.4, -0.2) is 17.6 Å². The molecule has 0 fully saturated rings. The van der Waals surface area contributed by atoms with Gasteiger partial charge in [-0.3, -0.25) is 4.79 Å². The first-order valence-corrected chi connectivity index (χ1v) is 8.17. The number of nitrogens with one attached hydrogen (secondary N) is 1. The minimum absolute atomic E-state index is 0.0122. The van der Waals surface area contributed by atoms with Gasteiger partial charge >= 0.3 is 0 Å². The van der Waals surface area contributed by atoms with Crippen molar-refractivity contribution < 1.29 is 9.90 Å². The van der Waals surface area contributed by atoms with Crippen molar-refractivity contribution in [3.63, 3.8) is 0 Å². The number of aliphatic hydroxyl groups is 1. The van der Waals surface area contributed by atoms with Gasteiger partial charge in [-0.25, -0.2) is 0 Å². The number of amides is 1. The molecule has 0 heterocycles. The molecule has 22 heavy (non-hydrogen) atoms. The Bertz CT molecular complexity index is 689. The van der Waals surface area contributed by atoms with Gasteiger partial charge in [-0.1, -0.05) is 50.7 Å². The molecule has 1 unspecified atom stereocenters. The van der Waals surface area contributed by atoms with Crippen molar-refractivity contribution in [2.45, 2.75) is 6.10 Å². The molecule has 0 aliphatic carbocycles. The van der Waals surface area contributed by atoms with Crippen LogP contribution < -0.4 is 5.32 Å². The first-order chi connectivity index (χ1) is 10.4. The molecule has 0 aromatic heterocycles. The Kier molecular flexibility index (Phi) is 6.12. The SMILES string of the molecule is O=C(NCC(O)c1cc(Cl)cc(Cl)c1)c1cc(Br)ccc1Cl. The number of halogens is 4. The lowest BCUT2D eigenvalue weighted by molar-refractivity contribution is 0.0916. The number of carbonyl (C=O) groups is 1. The molecular formula is C15H11BrCl3NO2. The van der Waals surface area contributed by atoms with E-state index in [0.29, 0.717) is 26.2 Å². The maximum Gasteiger partial charge on any atom is 0.252 e. The highest BCUT2D eigenvalue weighted by atomic mass is 79.9. The van der Waals surface area contributed by atoms with Crippen LogP contribution in [0.2, 0.25) is 15.1 Å². The van der Waals surface area contributed by atoms with Crippen LogP contribution in [0.25, 0.3) is 0 Å². The third-order valence-electron chi connectivity index (χ3n) is 2.90. The standard InChI is InChI=1S/C15H11BrCl3NO2/c16-9-1-2-13(19)12(5-9)15(22)20-7-14(21)8-3-10(17)6-11(18)4-8/h1-6,14,21H,7H2,(H,20,22). The van der Waals surface area contributed by atoms with E-state index in [4.69, 9.17) is 34.8 Å². The van der Waals surface area contributed by atoms with E-state index >= 15 is 0 Å². The number of benzene rings is 2. The molecule has 0 radical (unpaired) electrons. The van der Waals surface area contributed by atoms with Crippen LogP contribution >= 0.6 is 50.7 Å². The average Bonchev–Trinajstić information content (AvgIpc) is 2.45. The minimum Gasteiger partial charge on any atom is -0.387 e. The van der Waals surface area contributed by atoms with Gasteiger partial charge in [0, 0.05) is 21.1 Å². The summed E-state index contributed by atoms with van der Waals surface area (Å²) in [6, 6.07) is 9.72. The van der Waals surface area contributed by atoms with Gasteiger partial charge in [-0.05, 0) is 42.0 Å². The lowest BCUT2D eigenvalue weighted by atomic mass is 10.1. The van der Waals surface area contributed by atoms with Crippen molar-refractivity contribution in [2.75, 3.05) is 6.54 Å². The molecule has 1 atom stereocenters. The van der Waals surface area contributed by atoms with E-state index < -0.39 is 6.10 Å². The van der Waals surface area contributed by atoms with Crippen molar-refractivity contribution in [3.8, 4) is 0 Å². The summed E-state index contributed by atoms with van der Waals surface area (Å²) in [5.74, 6) is -0.376. The van der Waals surface area contributed by atoms with Crippen LogP contribution in [0.5, 0.6) is 0 Å². The Balaban J connectivity index is 2.05. The maximum atomic E-state index is 12.1. The van der Waals surface area contributed by atoms with Crippen molar-refractivity contribution in [1.82, 2.24) is 5.32 Å². The normalized spacial score (nSPS) is 12.0. The van der Waals surface area contributed by atoms with Crippen molar-refractivity contribution in [2.24, 2.45) is 0 Å². The second-order valence-corrected chi connectivity index (χ2v) is 6.75. The Morgan fingerprint density at radius 1 is 1.14 bits per heavy atom. The van der Waals surface area contributed by atoms with Crippen molar-refractivity contribution in [1.29, 1.82) is 0 Å². The molecule has 1 amide bonds. The smallest absolute Gasteiger partial charge is 0.252 e. The van der Waals surface area contributed by atoms with Gasteiger partial charge in [0.25, 0.3) is 5.91 Å². The first-order valence-electron chi connectivity index (χ1n) is 6.24. The van der Waals surface area contributed by atoms with Crippen LogP contribution in [0.15, 0.2) is 40.9 Å². The zero-order chi connectivity index (χ0) is 16.3. The highest BCUT2D eigenvalue weighted by Crippen LogP contribution is 2.24. The lowest BCUT2D eigenvalue weighted by Gasteiger charge is -2.13. The fraction of sp³-hybridized carbons (Fsp3) is 0.133. The summed E-state index contributed by atoms with van der Waals surface area (Å²) >= 11 is 21.0. The van der Waals surface area contributed by atoms with Crippen LogP contribution in [0.1, 0.15) is 22.0 Å². The summed E-state index contributed by atoms with van der Waals surface area (Å²) in [5.41, 5.74) is 0.852. The molecule has 2 N–H and O–H groups in total. The predicted octanol–water partition coefficient (Wildman–Crippen LogP) is 4.87. The highest BCUT2D eigenvalue weighted by Gasteiger charge is 2.14. The van der Waals surface area contributed by atoms with E-state index in [1.165, 1.54) is 0 Å². The molecule has 0 aliphatic rings. The summed E-state index contributed by atoms with van der Waals surface area (Å²) in [6.07, 6.45) is -0.925. The van der Waals surface area contributed by atoms with Crippen LogP contribution in [0, 0.1) is 0 Å². The number of carbonyl (C=O) groups excluding carboxylic acids is 1. The lowest BCUT2D eigenvalue weighted by Crippen LogP contribution is -2.28. The first kappa shape index (κ1) is 17.6. The van der Waals surface area contributed by atoms with Crippen molar-refractivity contribution in [3.05, 3.63) is 67.1 Å². The molecule has 0 spiro atoms. The number of rotatable bonds is 4. The molecular weight excluding hydrogens is 412 g/mol. The minimum atomic E-state index is -0.925. The summed E-state index contributed by atoms with van der Waals surface area (Å²) in [6.45, 7) is 0.0122. The molecule has 116 valence electrons. The summed E-state index contributed by atoms with van der Waals surface area (Å²) in [5, 5.41) is 13.9. The molecule has 2 aromatic carbocycles. The van der Waals surface area contributed by atoms with Gasteiger partial charge in [0.05, 0.1) is 16.7 Å². The monoisotopic (exact) mass is 421 g/mol. The quantitative estimate of drug-likeness (QED) is 0.737. The largest absolute Gasteiger partial charge is 0.387 e. The zero-order valence-corrected chi connectivity index (χ0v) is 15.0. The highest BCUT2D eigenvalue weighted by molar-refractivity contribution is 9.10. The topological polar surface area (TPSA) is 49.3 Å². The molecule has 0 saturated carbocycles. The van der Waals surface area contributed by atoms with E-state index in [1.807, 2.05) is 0 Å². The predicted molar refractivity (Wildman–Crippen MR) is 92.9 cm³/mol. The Hall–Kier alpha value is -0.780. The summed E-state index contributed by atoms with van der Waals surface area (Å²) in [4.78, 5) is 12.1. The maximum absolute atomic E-state index is 12.1. The van der Waals surface area contributed by atoms with Gasteiger partial charge in [0.1, 0.15) is 0 Å². The molecule has 0 bridgehead atoms. The second kappa shape index (κ2) is 7.66. The Labute approximate surface area is 151 Å². The average molecular weight is 424 g/mol. The molecule has 0 saturated heterocycles. The third-order valence-corrected chi connectivity index (χ3v) is 4.16. The van der Waals surface area contributed by atoms with E-state index in [9.17, 15) is 9.90 Å². The number of hydrogen-bond acceptors (Lipinski definition) is 2. The molecule has 0 aliphatic heterocycles. The van der Waals surface area contributed by atoms with Gasteiger partial charge in [-0.15, -0.1) is 0 Å². The Morgan fingerprint density at radius 3 is 2.41 bits per heavy atom. The van der Waals surface area contributed by atoms with E-state index in [0.717, 1.165) is 4.47 Å². The van der Waals surface area contributed by atoms with E-state index in [2.05, 4.69) is 21.2 Å². The van der Waals surface area contributed by atoms with Gasteiger partial charge in [0.2, 0.25) is 0 Å². The molecule has 2 aromatic rings. The van der Waals surface area contributed by atoms with E-state index in [1.54, 1.807) is 36.4 Å². The third kappa shape index (κ3) is 4.61. The molecule has 2 rings (SSSR count). The van der Waals surface area contributed by atoms with Crippen LogP contribution in [0.4, 0.5) is 0 Å². The fourth-order valence-electron chi connectivity index (χ4n) is 1.84. The molecule has 3 nitrogen and oxygen atoms in total.